The summed E-state index contributed by atoms with van der Waals surface area (Å²) in [6.07, 6.45) is 1.80. The van der Waals surface area contributed by atoms with Gasteiger partial charge in [0.15, 0.2) is 0 Å². The highest BCUT2D eigenvalue weighted by Gasteiger charge is 2.12. The van der Waals surface area contributed by atoms with Crippen LogP contribution in [0.4, 0.5) is 8.78 Å². The first-order valence-electron chi connectivity index (χ1n) is 6.23. The van der Waals surface area contributed by atoms with Crippen molar-refractivity contribution in [3.8, 4) is 11.1 Å². The Balaban J connectivity index is 2.58. The van der Waals surface area contributed by atoms with Crippen molar-refractivity contribution in [1.29, 1.82) is 0 Å². The molecule has 2 heteroatoms. The molecule has 0 aliphatic carbocycles. The molecule has 0 spiro atoms. The quantitative estimate of drug-likeness (QED) is 0.732. The van der Waals surface area contributed by atoms with Crippen LogP contribution in [0.2, 0.25) is 0 Å². The molecule has 2 aromatic rings. The SMILES string of the molecule is CCc1ccc(-c2c(F)cccc2F)cc1CC. The Morgan fingerprint density at radius 3 is 2.00 bits per heavy atom. The molecule has 0 aliphatic rings. The molecule has 0 bridgehead atoms. The smallest absolute Gasteiger partial charge is 0.133 e. The van der Waals surface area contributed by atoms with Crippen LogP contribution in [0.15, 0.2) is 36.4 Å². The van der Waals surface area contributed by atoms with E-state index in [2.05, 4.69) is 13.8 Å². The van der Waals surface area contributed by atoms with Gasteiger partial charge in [-0.25, -0.2) is 8.78 Å². The van der Waals surface area contributed by atoms with Gasteiger partial charge in [-0.3, -0.25) is 0 Å². The molecular formula is C16H16F2. The van der Waals surface area contributed by atoms with Gasteiger partial charge in [-0.05, 0) is 41.7 Å². The van der Waals surface area contributed by atoms with E-state index in [9.17, 15) is 8.78 Å². The molecule has 0 saturated heterocycles. The fourth-order valence-electron chi connectivity index (χ4n) is 2.23. The molecule has 0 N–H and O–H groups in total. The molecule has 0 nitrogen and oxygen atoms in total. The molecule has 2 aromatic carbocycles. The largest absolute Gasteiger partial charge is 0.206 e. The molecule has 0 amide bonds. The third-order valence-corrected chi connectivity index (χ3v) is 3.22. The number of rotatable bonds is 3. The minimum absolute atomic E-state index is 0.0647. The molecule has 0 fully saturated rings. The van der Waals surface area contributed by atoms with Gasteiger partial charge < -0.3 is 0 Å². The highest BCUT2D eigenvalue weighted by Crippen LogP contribution is 2.28. The Bertz CT molecular complexity index is 539. The number of benzene rings is 2. The summed E-state index contributed by atoms with van der Waals surface area (Å²) < 4.78 is 27.4. The van der Waals surface area contributed by atoms with Crippen molar-refractivity contribution in [2.75, 3.05) is 0 Å². The minimum Gasteiger partial charge on any atom is -0.206 e. The number of aryl methyl sites for hydroxylation is 2. The predicted molar refractivity (Wildman–Crippen MR) is 70.6 cm³/mol. The summed E-state index contributed by atoms with van der Waals surface area (Å²) in [5.74, 6) is -1.03. The van der Waals surface area contributed by atoms with E-state index in [1.165, 1.54) is 23.8 Å². The van der Waals surface area contributed by atoms with Crippen molar-refractivity contribution in [2.45, 2.75) is 26.7 Å². The zero-order chi connectivity index (χ0) is 13.1. The Hall–Kier alpha value is -1.70. The van der Waals surface area contributed by atoms with Crippen molar-refractivity contribution in [3.63, 3.8) is 0 Å². The van der Waals surface area contributed by atoms with Gasteiger partial charge in [0.05, 0.1) is 5.56 Å². The molecule has 0 aliphatic heterocycles. The Morgan fingerprint density at radius 2 is 1.44 bits per heavy atom. The monoisotopic (exact) mass is 246 g/mol. The van der Waals surface area contributed by atoms with Crippen LogP contribution in [0.1, 0.15) is 25.0 Å². The van der Waals surface area contributed by atoms with Crippen LogP contribution < -0.4 is 0 Å². The van der Waals surface area contributed by atoms with Gasteiger partial charge in [-0.1, -0.05) is 38.1 Å². The van der Waals surface area contributed by atoms with Crippen molar-refractivity contribution in [3.05, 3.63) is 59.2 Å². The fourth-order valence-corrected chi connectivity index (χ4v) is 2.23. The lowest BCUT2D eigenvalue weighted by Gasteiger charge is -2.10. The van der Waals surface area contributed by atoms with Crippen molar-refractivity contribution in [1.82, 2.24) is 0 Å². The molecule has 0 atom stereocenters. The standard InChI is InChI=1S/C16H16F2/c1-3-11-8-9-13(10-12(11)4-2)16-14(17)6-5-7-15(16)18/h5-10H,3-4H2,1-2H3. The maximum Gasteiger partial charge on any atom is 0.133 e. The number of halogens is 2. The van der Waals surface area contributed by atoms with Crippen LogP contribution in [0.25, 0.3) is 11.1 Å². The van der Waals surface area contributed by atoms with E-state index in [4.69, 9.17) is 0 Å². The van der Waals surface area contributed by atoms with Crippen LogP contribution in [-0.4, -0.2) is 0 Å². The van der Waals surface area contributed by atoms with E-state index in [1.54, 1.807) is 6.07 Å². The number of hydrogen-bond donors (Lipinski definition) is 0. The van der Waals surface area contributed by atoms with Gasteiger partial charge in [0.2, 0.25) is 0 Å². The molecule has 94 valence electrons. The topological polar surface area (TPSA) is 0 Å². The third-order valence-electron chi connectivity index (χ3n) is 3.22. The average Bonchev–Trinajstić information content (AvgIpc) is 2.38. The first-order valence-corrected chi connectivity index (χ1v) is 6.23. The van der Waals surface area contributed by atoms with Gasteiger partial charge >= 0.3 is 0 Å². The fraction of sp³-hybridized carbons (Fsp3) is 0.250. The summed E-state index contributed by atoms with van der Waals surface area (Å²) >= 11 is 0. The Kier molecular flexibility index (Phi) is 3.75. The summed E-state index contributed by atoms with van der Waals surface area (Å²) in [6, 6.07) is 9.60. The zero-order valence-corrected chi connectivity index (χ0v) is 10.6. The van der Waals surface area contributed by atoms with Gasteiger partial charge in [0.25, 0.3) is 0 Å². The number of hydrogen-bond acceptors (Lipinski definition) is 0. The average molecular weight is 246 g/mol. The second-order valence-electron chi connectivity index (χ2n) is 4.29. The van der Waals surface area contributed by atoms with Crippen LogP contribution in [0, 0.1) is 11.6 Å². The highest BCUT2D eigenvalue weighted by atomic mass is 19.1. The molecular weight excluding hydrogens is 230 g/mol. The van der Waals surface area contributed by atoms with Crippen molar-refractivity contribution in [2.24, 2.45) is 0 Å². The minimum atomic E-state index is -0.513. The Labute approximate surface area is 106 Å². The van der Waals surface area contributed by atoms with E-state index in [0.717, 1.165) is 18.4 Å². The predicted octanol–water partition coefficient (Wildman–Crippen LogP) is 4.76. The van der Waals surface area contributed by atoms with E-state index in [-0.39, 0.29) is 5.56 Å². The lowest BCUT2D eigenvalue weighted by atomic mass is 9.96. The molecule has 0 unspecified atom stereocenters. The second kappa shape index (κ2) is 5.30. The molecule has 0 aromatic heterocycles. The summed E-state index contributed by atoms with van der Waals surface area (Å²) in [4.78, 5) is 0. The second-order valence-corrected chi connectivity index (χ2v) is 4.29. The molecule has 18 heavy (non-hydrogen) atoms. The third kappa shape index (κ3) is 2.28. The molecule has 0 saturated carbocycles. The van der Waals surface area contributed by atoms with Crippen molar-refractivity contribution < 1.29 is 8.78 Å². The first-order chi connectivity index (χ1) is 8.67. The van der Waals surface area contributed by atoms with E-state index >= 15 is 0 Å². The van der Waals surface area contributed by atoms with Gasteiger partial charge in [0, 0.05) is 0 Å². The lowest BCUT2D eigenvalue weighted by molar-refractivity contribution is 0.589. The van der Waals surface area contributed by atoms with E-state index < -0.39 is 11.6 Å². The van der Waals surface area contributed by atoms with Crippen molar-refractivity contribution >= 4 is 0 Å². The highest BCUT2D eigenvalue weighted by molar-refractivity contribution is 5.66. The summed E-state index contributed by atoms with van der Waals surface area (Å²) in [5, 5.41) is 0. The van der Waals surface area contributed by atoms with Crippen LogP contribution in [0.3, 0.4) is 0 Å². The lowest BCUT2D eigenvalue weighted by Crippen LogP contribution is -1.94. The normalized spacial score (nSPS) is 10.7. The first kappa shape index (κ1) is 12.7. The van der Waals surface area contributed by atoms with E-state index in [1.807, 2.05) is 12.1 Å². The summed E-state index contributed by atoms with van der Waals surface area (Å²) in [6.45, 7) is 4.13. The molecule has 0 heterocycles. The van der Waals surface area contributed by atoms with Crippen LogP contribution in [0.5, 0.6) is 0 Å². The molecule has 2 rings (SSSR count). The van der Waals surface area contributed by atoms with Gasteiger partial charge in [-0.2, -0.15) is 0 Å². The van der Waals surface area contributed by atoms with Gasteiger partial charge in [0.1, 0.15) is 11.6 Å². The maximum absolute atomic E-state index is 13.7. The summed E-state index contributed by atoms with van der Waals surface area (Å²) in [7, 11) is 0. The maximum atomic E-state index is 13.7. The zero-order valence-electron chi connectivity index (χ0n) is 10.6. The summed E-state index contributed by atoms with van der Waals surface area (Å²) in [5.41, 5.74) is 3.06. The van der Waals surface area contributed by atoms with Crippen LogP contribution in [-0.2, 0) is 12.8 Å². The van der Waals surface area contributed by atoms with Crippen LogP contribution >= 0.6 is 0 Å². The Morgan fingerprint density at radius 1 is 0.833 bits per heavy atom. The molecule has 0 radical (unpaired) electrons. The van der Waals surface area contributed by atoms with E-state index in [0.29, 0.717) is 5.56 Å². The van der Waals surface area contributed by atoms with Gasteiger partial charge in [-0.15, -0.1) is 0 Å².